The molecule has 2 N–H and O–H groups in total. The van der Waals surface area contributed by atoms with Crippen LogP contribution in [0.3, 0.4) is 0 Å². The highest BCUT2D eigenvalue weighted by Crippen LogP contribution is 2.33. The number of nitrogens with zero attached hydrogens (tertiary/aromatic N) is 1. The van der Waals surface area contributed by atoms with Gasteiger partial charge >= 0.3 is 0 Å². The molecule has 0 aliphatic heterocycles. The van der Waals surface area contributed by atoms with Crippen LogP contribution in [0.1, 0.15) is 11.1 Å². The zero-order valence-electron chi connectivity index (χ0n) is 13.9. The second-order valence-electron chi connectivity index (χ2n) is 5.71. The van der Waals surface area contributed by atoms with Gasteiger partial charge in [-0.1, -0.05) is 12.1 Å². The Bertz CT molecular complexity index is 1020. The number of pyridine rings is 1. The van der Waals surface area contributed by atoms with Crippen LogP contribution in [-0.2, 0) is 15.8 Å². The molecule has 0 saturated carbocycles. The highest BCUT2D eigenvalue weighted by atomic mass is 32.2. The monoisotopic (exact) mass is 358 g/mol. The summed E-state index contributed by atoms with van der Waals surface area (Å²) in [6.45, 7) is 1.92. The summed E-state index contributed by atoms with van der Waals surface area (Å²) < 4.78 is 33.5. The largest absolute Gasteiger partial charge is 0.497 e. The first-order valence-electron chi connectivity index (χ1n) is 7.56. The van der Waals surface area contributed by atoms with Gasteiger partial charge < -0.3 is 9.47 Å². The van der Waals surface area contributed by atoms with Crippen molar-refractivity contribution in [3.63, 3.8) is 0 Å². The highest BCUT2D eigenvalue weighted by molar-refractivity contribution is 7.88. The highest BCUT2D eigenvalue weighted by Gasteiger charge is 2.10. The predicted molar refractivity (Wildman–Crippen MR) is 96.4 cm³/mol. The maximum Gasteiger partial charge on any atom is 0.213 e. The third kappa shape index (κ3) is 4.07. The molecular weight excluding hydrogens is 340 g/mol. The van der Waals surface area contributed by atoms with Crippen molar-refractivity contribution in [2.45, 2.75) is 12.7 Å². The number of primary sulfonamides is 1. The van der Waals surface area contributed by atoms with Gasteiger partial charge in [0.2, 0.25) is 10.0 Å². The van der Waals surface area contributed by atoms with Gasteiger partial charge in [-0.25, -0.2) is 13.6 Å². The van der Waals surface area contributed by atoms with Gasteiger partial charge in [0.05, 0.1) is 18.4 Å². The zero-order chi connectivity index (χ0) is 18.0. The van der Waals surface area contributed by atoms with Crippen LogP contribution >= 0.6 is 0 Å². The summed E-state index contributed by atoms with van der Waals surface area (Å²) in [7, 11) is -1.95. The third-order valence-corrected chi connectivity index (χ3v) is 4.45. The number of fused-ring (bicyclic) bond motifs is 1. The Morgan fingerprint density at radius 2 is 1.76 bits per heavy atom. The molecule has 0 saturated heterocycles. The van der Waals surface area contributed by atoms with Gasteiger partial charge in [0.25, 0.3) is 0 Å². The molecule has 3 rings (SSSR count). The van der Waals surface area contributed by atoms with E-state index >= 15 is 0 Å². The minimum Gasteiger partial charge on any atom is -0.497 e. The second-order valence-corrected chi connectivity index (χ2v) is 7.32. The molecule has 0 atom stereocenters. The Hall–Kier alpha value is -2.64. The summed E-state index contributed by atoms with van der Waals surface area (Å²) in [5, 5.41) is 5.93. The maximum absolute atomic E-state index is 11.1. The Balaban J connectivity index is 1.93. The molecule has 130 valence electrons. The molecule has 7 heteroatoms. The first-order valence-corrected chi connectivity index (χ1v) is 9.28. The van der Waals surface area contributed by atoms with Crippen molar-refractivity contribution in [3.8, 4) is 17.2 Å². The standard InChI is InChI=1S/C18H18N2O4S/c1-12-10-20-17-9-15(23-2)7-8-16(17)18(12)24-14-5-3-13(4-6-14)11-25(19,21)22/h3-10H,11H2,1-2H3,(H2,19,21,22). The van der Waals surface area contributed by atoms with Crippen LogP contribution in [0.25, 0.3) is 10.9 Å². The number of hydrogen-bond donors (Lipinski definition) is 1. The summed E-state index contributed by atoms with van der Waals surface area (Å²) in [6, 6.07) is 12.4. The average Bonchev–Trinajstić information content (AvgIpc) is 2.57. The molecular formula is C18H18N2O4S. The number of aromatic nitrogens is 1. The molecule has 1 aromatic heterocycles. The normalized spacial score (nSPS) is 11.5. The molecule has 3 aromatic rings. The number of ether oxygens (including phenoxy) is 2. The Morgan fingerprint density at radius 1 is 1.08 bits per heavy atom. The molecule has 0 fully saturated rings. The third-order valence-electron chi connectivity index (χ3n) is 3.72. The topological polar surface area (TPSA) is 91.5 Å². The minimum atomic E-state index is -3.55. The zero-order valence-corrected chi connectivity index (χ0v) is 14.7. The van der Waals surface area contributed by atoms with E-state index in [1.807, 2.05) is 25.1 Å². The van der Waals surface area contributed by atoms with Crippen LogP contribution in [0.2, 0.25) is 0 Å². The van der Waals surface area contributed by atoms with E-state index in [4.69, 9.17) is 14.6 Å². The summed E-state index contributed by atoms with van der Waals surface area (Å²) >= 11 is 0. The predicted octanol–water partition coefficient (Wildman–Crippen LogP) is 3.13. The number of benzene rings is 2. The Kier molecular flexibility index (Phi) is 4.61. The molecule has 6 nitrogen and oxygen atoms in total. The second kappa shape index (κ2) is 6.70. The Morgan fingerprint density at radius 3 is 2.40 bits per heavy atom. The fourth-order valence-corrected chi connectivity index (χ4v) is 3.17. The average molecular weight is 358 g/mol. The first-order chi connectivity index (χ1) is 11.9. The molecule has 25 heavy (non-hydrogen) atoms. The number of sulfonamides is 1. The van der Waals surface area contributed by atoms with Gasteiger partial charge in [-0.3, -0.25) is 4.98 Å². The molecule has 2 aromatic carbocycles. The fraction of sp³-hybridized carbons (Fsp3) is 0.167. The number of aryl methyl sites for hydroxylation is 1. The van der Waals surface area contributed by atoms with E-state index in [9.17, 15) is 8.42 Å². The molecule has 0 spiro atoms. The van der Waals surface area contributed by atoms with Crippen molar-refractivity contribution >= 4 is 20.9 Å². The number of methoxy groups -OCH3 is 1. The smallest absolute Gasteiger partial charge is 0.213 e. The van der Waals surface area contributed by atoms with Gasteiger partial charge in [0, 0.05) is 23.2 Å². The lowest BCUT2D eigenvalue weighted by Crippen LogP contribution is -2.14. The van der Waals surface area contributed by atoms with Crippen LogP contribution in [0.4, 0.5) is 0 Å². The van der Waals surface area contributed by atoms with Crippen LogP contribution in [-0.4, -0.2) is 20.5 Å². The van der Waals surface area contributed by atoms with Crippen molar-refractivity contribution in [2.75, 3.05) is 7.11 Å². The summed E-state index contributed by atoms with van der Waals surface area (Å²) in [4.78, 5) is 4.41. The summed E-state index contributed by atoms with van der Waals surface area (Å²) in [5.74, 6) is 1.82. The lowest BCUT2D eigenvalue weighted by atomic mass is 10.1. The number of nitrogens with two attached hydrogens (primary N) is 1. The first kappa shape index (κ1) is 17.2. The van der Waals surface area contributed by atoms with Crippen LogP contribution in [0, 0.1) is 6.92 Å². The summed E-state index contributed by atoms with van der Waals surface area (Å²) in [5.41, 5.74) is 2.27. The van der Waals surface area contributed by atoms with E-state index in [-0.39, 0.29) is 5.75 Å². The Labute approximate surface area is 146 Å². The van der Waals surface area contributed by atoms with Crippen molar-refractivity contribution in [3.05, 3.63) is 59.8 Å². The van der Waals surface area contributed by atoms with Crippen molar-refractivity contribution < 1.29 is 17.9 Å². The molecule has 0 amide bonds. The van der Waals surface area contributed by atoms with E-state index in [0.29, 0.717) is 17.1 Å². The van der Waals surface area contributed by atoms with Gasteiger partial charge in [0.1, 0.15) is 17.2 Å². The van der Waals surface area contributed by atoms with E-state index in [1.54, 1.807) is 37.6 Å². The van der Waals surface area contributed by atoms with E-state index in [2.05, 4.69) is 4.98 Å². The molecule has 0 aliphatic rings. The summed E-state index contributed by atoms with van der Waals surface area (Å²) in [6.07, 6.45) is 1.74. The van der Waals surface area contributed by atoms with E-state index < -0.39 is 10.0 Å². The van der Waals surface area contributed by atoms with E-state index in [0.717, 1.165) is 22.2 Å². The number of rotatable bonds is 5. The fourth-order valence-electron chi connectivity index (χ4n) is 2.51. The van der Waals surface area contributed by atoms with Gasteiger partial charge in [-0.2, -0.15) is 0 Å². The molecule has 1 heterocycles. The van der Waals surface area contributed by atoms with Gasteiger partial charge in [-0.15, -0.1) is 0 Å². The lowest BCUT2D eigenvalue weighted by Gasteiger charge is -2.12. The maximum atomic E-state index is 11.1. The van der Waals surface area contributed by atoms with E-state index in [1.165, 1.54) is 0 Å². The minimum absolute atomic E-state index is 0.204. The quantitative estimate of drug-likeness (QED) is 0.756. The van der Waals surface area contributed by atoms with Crippen molar-refractivity contribution in [2.24, 2.45) is 5.14 Å². The SMILES string of the molecule is COc1ccc2c(Oc3ccc(CS(N)(=O)=O)cc3)c(C)cnc2c1. The number of hydrogen-bond acceptors (Lipinski definition) is 5. The molecule has 0 unspecified atom stereocenters. The van der Waals surface area contributed by atoms with Gasteiger partial charge in [0.15, 0.2) is 0 Å². The van der Waals surface area contributed by atoms with Gasteiger partial charge in [-0.05, 0) is 36.8 Å². The van der Waals surface area contributed by atoms with Crippen molar-refractivity contribution in [1.29, 1.82) is 0 Å². The molecule has 0 radical (unpaired) electrons. The lowest BCUT2D eigenvalue weighted by molar-refractivity contribution is 0.415. The molecule has 0 aliphatic carbocycles. The van der Waals surface area contributed by atoms with Crippen LogP contribution in [0.5, 0.6) is 17.2 Å². The van der Waals surface area contributed by atoms with Crippen LogP contribution in [0.15, 0.2) is 48.7 Å². The molecule has 0 bridgehead atoms. The van der Waals surface area contributed by atoms with Crippen molar-refractivity contribution in [1.82, 2.24) is 4.98 Å². The van der Waals surface area contributed by atoms with Crippen LogP contribution < -0.4 is 14.6 Å².